The van der Waals surface area contributed by atoms with Crippen molar-refractivity contribution in [1.82, 2.24) is 19.2 Å². The van der Waals surface area contributed by atoms with E-state index in [0.717, 1.165) is 17.0 Å². The van der Waals surface area contributed by atoms with Crippen LogP contribution in [0.2, 0.25) is 0 Å². The molecule has 124 valence electrons. The topological polar surface area (TPSA) is 52.2 Å². The minimum atomic E-state index is -0.369. The van der Waals surface area contributed by atoms with E-state index in [1.807, 2.05) is 35.7 Å². The van der Waals surface area contributed by atoms with Crippen LogP contribution in [0.3, 0.4) is 0 Å². The van der Waals surface area contributed by atoms with E-state index in [1.54, 1.807) is 24.3 Å². The summed E-state index contributed by atoms with van der Waals surface area (Å²) < 4.78 is 17.3. The Bertz CT molecular complexity index is 1130. The largest absolute Gasteiger partial charge is 0.302 e. The third-order valence-corrected chi connectivity index (χ3v) is 4.15. The van der Waals surface area contributed by atoms with Crippen molar-refractivity contribution in [2.45, 2.75) is 13.5 Å². The summed E-state index contributed by atoms with van der Waals surface area (Å²) in [5.74, 6) is -0.369. The molecule has 4 aromatic rings. The lowest BCUT2D eigenvalue weighted by Gasteiger charge is -2.08. The predicted molar refractivity (Wildman–Crippen MR) is 92.9 cm³/mol. The minimum Gasteiger partial charge on any atom is -0.302 e. The fourth-order valence-electron chi connectivity index (χ4n) is 2.87. The van der Waals surface area contributed by atoms with Crippen LogP contribution in [-0.4, -0.2) is 19.2 Å². The Morgan fingerprint density at radius 2 is 1.84 bits per heavy atom. The maximum absolute atomic E-state index is 14.0. The van der Waals surface area contributed by atoms with E-state index in [1.165, 1.54) is 16.8 Å². The maximum atomic E-state index is 14.0. The average Bonchev–Trinajstić information content (AvgIpc) is 2.93. The lowest BCUT2D eigenvalue weighted by Crippen LogP contribution is -2.24. The second-order valence-electron chi connectivity index (χ2n) is 5.77. The molecule has 25 heavy (non-hydrogen) atoms. The highest BCUT2D eigenvalue weighted by Gasteiger charge is 2.12. The molecule has 0 aliphatic rings. The number of halogens is 1. The summed E-state index contributed by atoms with van der Waals surface area (Å²) in [5, 5.41) is 4.35. The molecule has 0 N–H and O–H groups in total. The monoisotopic (exact) mass is 334 g/mol. The second kappa shape index (κ2) is 5.98. The lowest BCUT2D eigenvalue weighted by molar-refractivity contribution is 0.613. The van der Waals surface area contributed by atoms with Crippen LogP contribution in [0.25, 0.3) is 16.9 Å². The Balaban J connectivity index is 1.81. The van der Waals surface area contributed by atoms with Crippen molar-refractivity contribution < 1.29 is 4.39 Å². The van der Waals surface area contributed by atoms with Gasteiger partial charge in [0.05, 0.1) is 23.6 Å². The van der Waals surface area contributed by atoms with Crippen molar-refractivity contribution >= 4 is 5.65 Å². The zero-order valence-corrected chi connectivity index (χ0v) is 13.6. The molecule has 4 rings (SSSR count). The van der Waals surface area contributed by atoms with Crippen LogP contribution in [0.4, 0.5) is 4.39 Å². The zero-order chi connectivity index (χ0) is 17.4. The van der Waals surface area contributed by atoms with Gasteiger partial charge in [-0.15, -0.1) is 0 Å². The van der Waals surface area contributed by atoms with Crippen LogP contribution in [-0.2, 0) is 6.54 Å². The number of aromatic nitrogens is 4. The molecule has 0 radical (unpaired) electrons. The van der Waals surface area contributed by atoms with Gasteiger partial charge in [0.2, 0.25) is 0 Å². The summed E-state index contributed by atoms with van der Waals surface area (Å²) in [6.45, 7) is 2.16. The number of fused-ring (bicyclic) bond motifs is 1. The molecular weight excluding hydrogens is 319 g/mol. The SMILES string of the molecule is Cc1nc2ccccn2c1Cn1nc(-c2ccccc2F)ccc1=O. The van der Waals surface area contributed by atoms with Gasteiger partial charge in [0.25, 0.3) is 5.56 Å². The molecule has 3 heterocycles. The number of pyridine rings is 1. The van der Waals surface area contributed by atoms with Crippen LogP contribution < -0.4 is 5.56 Å². The lowest BCUT2D eigenvalue weighted by atomic mass is 10.1. The van der Waals surface area contributed by atoms with E-state index in [-0.39, 0.29) is 17.9 Å². The van der Waals surface area contributed by atoms with Crippen molar-refractivity contribution in [2.24, 2.45) is 0 Å². The van der Waals surface area contributed by atoms with E-state index in [4.69, 9.17) is 0 Å². The van der Waals surface area contributed by atoms with Gasteiger partial charge in [-0.1, -0.05) is 18.2 Å². The summed E-state index contributed by atoms with van der Waals surface area (Å²) in [6, 6.07) is 15.1. The fraction of sp³-hybridized carbons (Fsp3) is 0.105. The Labute approximate surface area is 143 Å². The molecule has 0 spiro atoms. The standard InChI is InChI=1S/C19H15FN4O/c1-13-17(23-11-5-4-8-18(23)21-13)12-24-19(25)10-9-16(22-24)14-6-2-3-7-15(14)20/h2-11H,12H2,1H3. The molecule has 6 heteroatoms. The predicted octanol–water partition coefficient (Wildman–Crippen LogP) is 3.05. The highest BCUT2D eigenvalue weighted by atomic mass is 19.1. The van der Waals surface area contributed by atoms with Gasteiger partial charge in [0.15, 0.2) is 0 Å². The first-order valence-electron chi connectivity index (χ1n) is 7.89. The first-order valence-corrected chi connectivity index (χ1v) is 7.89. The summed E-state index contributed by atoms with van der Waals surface area (Å²) in [7, 11) is 0. The van der Waals surface area contributed by atoms with E-state index >= 15 is 0 Å². The molecule has 3 aromatic heterocycles. The number of aryl methyl sites for hydroxylation is 1. The first-order chi connectivity index (χ1) is 12.1. The van der Waals surface area contributed by atoms with Crippen LogP contribution in [0.1, 0.15) is 11.4 Å². The minimum absolute atomic E-state index is 0.245. The van der Waals surface area contributed by atoms with Gasteiger partial charge in [0, 0.05) is 17.8 Å². The Morgan fingerprint density at radius 1 is 1.04 bits per heavy atom. The molecule has 0 bridgehead atoms. The number of nitrogens with zero attached hydrogens (tertiary/aromatic N) is 4. The van der Waals surface area contributed by atoms with Crippen molar-refractivity contribution in [3.8, 4) is 11.3 Å². The van der Waals surface area contributed by atoms with E-state index in [9.17, 15) is 9.18 Å². The number of hydrogen-bond acceptors (Lipinski definition) is 3. The molecule has 1 aromatic carbocycles. The third kappa shape index (κ3) is 2.71. The van der Waals surface area contributed by atoms with Crippen molar-refractivity contribution in [3.05, 3.63) is 88.4 Å². The molecule has 0 saturated carbocycles. The van der Waals surface area contributed by atoms with Crippen LogP contribution in [0.15, 0.2) is 65.6 Å². The molecular formula is C19H15FN4O. The highest BCUT2D eigenvalue weighted by Crippen LogP contribution is 2.19. The smallest absolute Gasteiger partial charge is 0.267 e. The van der Waals surface area contributed by atoms with Crippen molar-refractivity contribution in [3.63, 3.8) is 0 Å². The highest BCUT2D eigenvalue weighted by molar-refractivity contribution is 5.58. The van der Waals surface area contributed by atoms with Gasteiger partial charge in [0.1, 0.15) is 11.5 Å². The van der Waals surface area contributed by atoms with Crippen LogP contribution in [0, 0.1) is 12.7 Å². The van der Waals surface area contributed by atoms with Crippen LogP contribution in [0.5, 0.6) is 0 Å². The second-order valence-corrected chi connectivity index (χ2v) is 5.77. The average molecular weight is 334 g/mol. The molecule has 0 unspecified atom stereocenters. The molecule has 0 amide bonds. The van der Waals surface area contributed by atoms with Crippen LogP contribution >= 0.6 is 0 Å². The quantitative estimate of drug-likeness (QED) is 0.579. The Morgan fingerprint density at radius 3 is 2.68 bits per heavy atom. The van der Waals surface area contributed by atoms with Crippen molar-refractivity contribution in [2.75, 3.05) is 0 Å². The fourth-order valence-corrected chi connectivity index (χ4v) is 2.87. The van der Waals surface area contributed by atoms with Gasteiger partial charge < -0.3 is 4.40 Å². The molecule has 0 aliphatic carbocycles. The van der Waals surface area contributed by atoms with Gasteiger partial charge in [-0.2, -0.15) is 5.10 Å². The number of benzene rings is 1. The van der Waals surface area contributed by atoms with Crippen molar-refractivity contribution in [1.29, 1.82) is 0 Å². The summed E-state index contributed by atoms with van der Waals surface area (Å²) in [5.41, 5.74) is 3.06. The first kappa shape index (κ1) is 15.3. The normalized spacial score (nSPS) is 11.1. The summed E-state index contributed by atoms with van der Waals surface area (Å²) in [6.07, 6.45) is 1.90. The molecule has 0 fully saturated rings. The Kier molecular flexibility index (Phi) is 3.65. The van der Waals surface area contributed by atoms with E-state index < -0.39 is 0 Å². The molecule has 0 aliphatic heterocycles. The number of rotatable bonds is 3. The van der Waals surface area contributed by atoms with Gasteiger partial charge in [-0.3, -0.25) is 4.79 Å². The zero-order valence-electron chi connectivity index (χ0n) is 13.6. The number of imidazole rings is 1. The molecule has 5 nitrogen and oxygen atoms in total. The van der Waals surface area contributed by atoms with E-state index in [2.05, 4.69) is 10.1 Å². The maximum Gasteiger partial charge on any atom is 0.267 e. The van der Waals surface area contributed by atoms with Gasteiger partial charge in [-0.05, 0) is 37.3 Å². The van der Waals surface area contributed by atoms with Gasteiger partial charge >= 0.3 is 0 Å². The van der Waals surface area contributed by atoms with E-state index in [0.29, 0.717) is 11.3 Å². The Hall–Kier alpha value is -3.28. The number of hydrogen-bond donors (Lipinski definition) is 0. The summed E-state index contributed by atoms with van der Waals surface area (Å²) >= 11 is 0. The molecule has 0 saturated heterocycles. The van der Waals surface area contributed by atoms with Gasteiger partial charge in [-0.25, -0.2) is 14.1 Å². The summed E-state index contributed by atoms with van der Waals surface area (Å²) in [4.78, 5) is 16.7. The molecule has 0 atom stereocenters. The third-order valence-electron chi connectivity index (χ3n) is 4.15.